The number of thioether (sulfide) groups is 1. The van der Waals surface area contributed by atoms with E-state index in [4.69, 9.17) is 0 Å². The Morgan fingerprint density at radius 3 is 2.61 bits per heavy atom. The zero-order valence-electron chi connectivity index (χ0n) is 12.0. The Kier molecular flexibility index (Phi) is 4.18. The molecule has 2 heterocycles. The molecule has 0 atom stereocenters. The Bertz CT molecular complexity index is 1030. The molecule has 0 amide bonds. The lowest BCUT2D eigenvalue weighted by Crippen LogP contribution is -2.19. The van der Waals surface area contributed by atoms with Crippen LogP contribution in [0, 0.1) is 5.82 Å². The zero-order chi connectivity index (χ0) is 16.4. The van der Waals surface area contributed by atoms with Crippen LogP contribution in [0.4, 0.5) is 4.39 Å². The van der Waals surface area contributed by atoms with Gasteiger partial charge < -0.3 is 0 Å². The van der Waals surface area contributed by atoms with Crippen LogP contribution in [0.3, 0.4) is 0 Å². The van der Waals surface area contributed by atoms with Crippen molar-refractivity contribution in [3.05, 3.63) is 66.0 Å². The summed E-state index contributed by atoms with van der Waals surface area (Å²) in [6, 6.07) is 12.1. The van der Waals surface area contributed by atoms with Gasteiger partial charge in [0.1, 0.15) is 16.5 Å². The van der Waals surface area contributed by atoms with Gasteiger partial charge in [-0.2, -0.15) is 8.42 Å². The number of rotatable bonds is 3. The largest absolute Gasteiger partial charge is 0.284 e. The molecule has 0 aliphatic heterocycles. The van der Waals surface area contributed by atoms with Crippen LogP contribution in [0.2, 0.25) is 0 Å². The number of halogens is 1. The lowest BCUT2D eigenvalue weighted by atomic mass is 10.4. The fourth-order valence-corrected chi connectivity index (χ4v) is 3.41. The number of nitrogens with zero attached hydrogens (tertiary/aromatic N) is 3. The summed E-state index contributed by atoms with van der Waals surface area (Å²) < 4.78 is 43.5. The molecule has 0 aliphatic carbocycles. The van der Waals surface area contributed by atoms with E-state index in [1.165, 1.54) is 46.5 Å². The van der Waals surface area contributed by atoms with Gasteiger partial charge in [-0.1, -0.05) is 18.2 Å². The van der Waals surface area contributed by atoms with E-state index in [-0.39, 0.29) is 10.4 Å². The maximum Gasteiger partial charge on any atom is 0.284 e. The third kappa shape index (κ3) is 3.27. The Morgan fingerprint density at radius 2 is 1.91 bits per heavy atom. The van der Waals surface area contributed by atoms with Crippen LogP contribution in [0.25, 0.3) is 5.65 Å². The van der Waals surface area contributed by atoms with Gasteiger partial charge in [0.05, 0.1) is 4.90 Å². The van der Waals surface area contributed by atoms with E-state index in [0.29, 0.717) is 10.7 Å². The summed E-state index contributed by atoms with van der Waals surface area (Å²) in [5.74, 6) is -0.505. The summed E-state index contributed by atoms with van der Waals surface area (Å²) in [4.78, 5) is 4.38. The molecule has 0 aliphatic rings. The molecule has 0 spiro atoms. The second-order valence-electron chi connectivity index (χ2n) is 4.61. The molecule has 5 nitrogen and oxygen atoms in total. The second-order valence-corrected chi connectivity index (χ2v) is 7.04. The normalized spacial score (nSPS) is 12.7. The smallest absolute Gasteiger partial charge is 0.282 e. The van der Waals surface area contributed by atoms with Gasteiger partial charge in [-0.05, 0) is 30.5 Å². The van der Waals surface area contributed by atoms with Crippen molar-refractivity contribution in [2.75, 3.05) is 6.26 Å². The molecule has 3 rings (SSSR count). The fraction of sp³-hybridized carbons (Fsp3) is 0.0667. The summed E-state index contributed by atoms with van der Waals surface area (Å²) in [5.41, 5.74) is 0.517. The van der Waals surface area contributed by atoms with Crippen LogP contribution in [-0.4, -0.2) is 24.1 Å². The highest BCUT2D eigenvalue weighted by Gasteiger charge is 2.12. The molecule has 0 bridgehead atoms. The van der Waals surface area contributed by atoms with Gasteiger partial charge in [0.2, 0.25) is 0 Å². The number of hydrogen-bond donors (Lipinski definition) is 0. The summed E-state index contributed by atoms with van der Waals surface area (Å²) in [5, 5.41) is 0.596. The molecular formula is C15H12FN3O2S2. The second kappa shape index (κ2) is 6.13. The van der Waals surface area contributed by atoms with Crippen LogP contribution in [-0.2, 0) is 10.0 Å². The quantitative estimate of drug-likeness (QED) is 0.538. The standard InChI is InChI=1S/C15H12FN3O2S2/c1-22-15-9-14(19-10-11(16)7-8-13(19)17-15)18-23(20,21)12-5-3-2-4-6-12/h2-10H,1H3. The number of hydrogen-bond acceptors (Lipinski definition) is 4. The average Bonchev–Trinajstić information content (AvgIpc) is 2.55. The highest BCUT2D eigenvalue weighted by molar-refractivity contribution is 7.98. The van der Waals surface area contributed by atoms with Gasteiger partial charge in [-0.15, -0.1) is 16.2 Å². The monoisotopic (exact) mass is 349 g/mol. The molecule has 118 valence electrons. The minimum Gasteiger partial charge on any atom is -0.282 e. The topological polar surface area (TPSA) is 63.8 Å². The van der Waals surface area contributed by atoms with E-state index < -0.39 is 15.8 Å². The van der Waals surface area contributed by atoms with Crippen LogP contribution in [0.5, 0.6) is 0 Å². The first kappa shape index (κ1) is 15.7. The van der Waals surface area contributed by atoms with Crippen LogP contribution in [0.1, 0.15) is 0 Å². The third-order valence-corrected chi connectivity index (χ3v) is 5.00. The number of sulfonamides is 1. The Morgan fingerprint density at radius 1 is 1.17 bits per heavy atom. The van der Waals surface area contributed by atoms with E-state index >= 15 is 0 Å². The van der Waals surface area contributed by atoms with Gasteiger partial charge in [-0.3, -0.25) is 4.40 Å². The van der Waals surface area contributed by atoms with Gasteiger partial charge in [0, 0.05) is 12.3 Å². The average molecular weight is 349 g/mol. The number of fused-ring (bicyclic) bond motifs is 1. The molecule has 0 saturated heterocycles. The minimum absolute atomic E-state index is 0.0765. The van der Waals surface area contributed by atoms with Crippen molar-refractivity contribution in [3.8, 4) is 0 Å². The Hall–Kier alpha value is -2.19. The van der Waals surface area contributed by atoms with E-state index in [9.17, 15) is 12.8 Å². The summed E-state index contributed by atoms with van der Waals surface area (Å²) in [7, 11) is -3.90. The maximum atomic E-state index is 13.5. The molecule has 2 aromatic heterocycles. The first-order chi connectivity index (χ1) is 11.0. The molecule has 0 N–H and O–H groups in total. The lowest BCUT2D eigenvalue weighted by Gasteiger charge is -2.05. The molecule has 1 aromatic carbocycles. The Labute approximate surface area is 136 Å². The molecule has 0 radical (unpaired) electrons. The first-order valence-electron chi connectivity index (χ1n) is 6.59. The summed E-state index contributed by atoms with van der Waals surface area (Å²) in [6.07, 6.45) is 2.98. The molecular weight excluding hydrogens is 337 g/mol. The molecule has 8 heteroatoms. The molecule has 0 fully saturated rings. The molecule has 3 aromatic rings. The minimum atomic E-state index is -3.90. The summed E-state index contributed by atoms with van der Waals surface area (Å²) in [6.45, 7) is 0. The number of benzene rings is 1. The number of pyridine rings is 1. The Balaban J connectivity index is 2.32. The predicted molar refractivity (Wildman–Crippen MR) is 86.1 cm³/mol. The van der Waals surface area contributed by atoms with Crippen molar-refractivity contribution in [2.24, 2.45) is 4.40 Å². The van der Waals surface area contributed by atoms with Crippen molar-refractivity contribution in [1.82, 2.24) is 9.38 Å². The van der Waals surface area contributed by atoms with E-state index in [1.807, 2.05) is 6.26 Å². The van der Waals surface area contributed by atoms with Crippen LogP contribution < -0.4 is 5.49 Å². The lowest BCUT2D eigenvalue weighted by molar-refractivity contribution is 0.595. The van der Waals surface area contributed by atoms with E-state index in [1.54, 1.807) is 18.2 Å². The van der Waals surface area contributed by atoms with Gasteiger partial charge in [0.15, 0.2) is 5.49 Å². The third-order valence-electron chi connectivity index (χ3n) is 3.08. The van der Waals surface area contributed by atoms with Gasteiger partial charge in [-0.25, -0.2) is 9.37 Å². The van der Waals surface area contributed by atoms with Crippen molar-refractivity contribution in [3.63, 3.8) is 0 Å². The van der Waals surface area contributed by atoms with Crippen molar-refractivity contribution in [2.45, 2.75) is 9.92 Å². The first-order valence-corrected chi connectivity index (χ1v) is 9.25. The predicted octanol–water partition coefficient (Wildman–Crippen LogP) is 2.48. The van der Waals surface area contributed by atoms with E-state index in [2.05, 4.69) is 9.38 Å². The fourth-order valence-electron chi connectivity index (χ4n) is 2.01. The summed E-state index contributed by atoms with van der Waals surface area (Å²) >= 11 is 1.35. The number of aromatic nitrogens is 2. The van der Waals surface area contributed by atoms with Crippen LogP contribution in [0.15, 0.2) is 69.0 Å². The van der Waals surface area contributed by atoms with Crippen molar-refractivity contribution >= 4 is 27.4 Å². The highest BCUT2D eigenvalue weighted by Crippen LogP contribution is 2.13. The van der Waals surface area contributed by atoms with Crippen molar-refractivity contribution in [1.29, 1.82) is 0 Å². The zero-order valence-corrected chi connectivity index (χ0v) is 13.7. The molecule has 0 unspecified atom stereocenters. The van der Waals surface area contributed by atoms with E-state index in [0.717, 1.165) is 6.20 Å². The van der Waals surface area contributed by atoms with Crippen LogP contribution >= 0.6 is 11.8 Å². The molecule has 23 heavy (non-hydrogen) atoms. The molecule has 0 saturated carbocycles. The highest BCUT2D eigenvalue weighted by atomic mass is 32.2. The van der Waals surface area contributed by atoms with Crippen molar-refractivity contribution < 1.29 is 12.8 Å². The van der Waals surface area contributed by atoms with Gasteiger partial charge >= 0.3 is 0 Å². The SMILES string of the molecule is CSc1cc(=NS(=O)(=O)c2ccccc2)n2cc(F)ccc2n1. The maximum absolute atomic E-state index is 13.5. The van der Waals surface area contributed by atoms with Gasteiger partial charge in [0.25, 0.3) is 10.0 Å².